The number of carbonyl (C=O) groups excluding carboxylic acids is 1. The van der Waals surface area contributed by atoms with Gasteiger partial charge in [0.15, 0.2) is 0 Å². The summed E-state index contributed by atoms with van der Waals surface area (Å²) < 4.78 is 0. The van der Waals surface area contributed by atoms with E-state index in [1.54, 1.807) is 11.8 Å². The number of thioether (sulfide) groups is 1. The summed E-state index contributed by atoms with van der Waals surface area (Å²) >= 11 is 1.80. The average Bonchev–Trinajstić information content (AvgIpc) is 2.25. The van der Waals surface area contributed by atoms with Crippen LogP contribution in [0.15, 0.2) is 23.1 Å². The summed E-state index contributed by atoms with van der Waals surface area (Å²) in [5.74, 6) is 1.31. The highest BCUT2D eigenvalue weighted by Gasteiger charge is 2.13. The van der Waals surface area contributed by atoms with E-state index in [1.165, 1.54) is 16.0 Å². The molecule has 68 valence electrons. The molecule has 0 spiro atoms. The van der Waals surface area contributed by atoms with Gasteiger partial charge in [0.1, 0.15) is 5.78 Å². The van der Waals surface area contributed by atoms with Gasteiger partial charge < -0.3 is 0 Å². The van der Waals surface area contributed by atoms with Gasteiger partial charge in [0, 0.05) is 23.5 Å². The zero-order valence-corrected chi connectivity index (χ0v) is 8.49. The molecule has 0 saturated heterocycles. The first-order chi connectivity index (χ1) is 6.25. The van der Waals surface area contributed by atoms with E-state index < -0.39 is 0 Å². The lowest BCUT2D eigenvalue weighted by molar-refractivity contribution is -0.118. The second-order valence-electron chi connectivity index (χ2n) is 3.43. The fraction of sp³-hybridized carbons (Fsp3) is 0.364. The molecule has 13 heavy (non-hydrogen) atoms. The molecule has 1 nitrogen and oxygen atoms in total. The van der Waals surface area contributed by atoms with Gasteiger partial charge in [-0.25, -0.2) is 0 Å². The zero-order chi connectivity index (χ0) is 9.26. The number of carbonyl (C=O) groups is 1. The van der Waals surface area contributed by atoms with Crippen molar-refractivity contribution in [2.45, 2.75) is 24.7 Å². The van der Waals surface area contributed by atoms with Gasteiger partial charge in [-0.1, -0.05) is 17.7 Å². The van der Waals surface area contributed by atoms with E-state index in [-0.39, 0.29) is 0 Å². The summed E-state index contributed by atoms with van der Waals surface area (Å²) in [6.45, 7) is 2.07. The number of benzene rings is 1. The second kappa shape index (κ2) is 3.54. The molecule has 1 aliphatic rings. The van der Waals surface area contributed by atoms with Crippen molar-refractivity contribution in [3.63, 3.8) is 0 Å². The normalized spacial score (nSPS) is 16.5. The number of aryl methyl sites for hydroxylation is 1. The van der Waals surface area contributed by atoms with Crippen LogP contribution in [0.2, 0.25) is 0 Å². The lowest BCUT2D eigenvalue weighted by atomic mass is 10.1. The van der Waals surface area contributed by atoms with E-state index in [0.717, 1.165) is 12.2 Å². The minimum atomic E-state index is 0.372. The lowest BCUT2D eigenvalue weighted by Crippen LogP contribution is -2.01. The van der Waals surface area contributed by atoms with Crippen LogP contribution in [-0.2, 0) is 11.2 Å². The Labute approximate surface area is 82.5 Å². The van der Waals surface area contributed by atoms with Gasteiger partial charge in [-0.2, -0.15) is 0 Å². The van der Waals surface area contributed by atoms with E-state index in [1.807, 2.05) is 0 Å². The fourth-order valence-corrected chi connectivity index (χ4v) is 2.59. The van der Waals surface area contributed by atoms with E-state index >= 15 is 0 Å². The quantitative estimate of drug-likeness (QED) is 0.628. The van der Waals surface area contributed by atoms with Gasteiger partial charge >= 0.3 is 0 Å². The molecule has 0 unspecified atom stereocenters. The number of hydrogen-bond acceptors (Lipinski definition) is 2. The summed E-state index contributed by atoms with van der Waals surface area (Å²) in [4.78, 5) is 12.6. The van der Waals surface area contributed by atoms with Crippen LogP contribution in [0.5, 0.6) is 0 Å². The maximum Gasteiger partial charge on any atom is 0.138 e. The SMILES string of the molecule is Cc1ccc2c(c1)CC(=O)CCS2. The van der Waals surface area contributed by atoms with Crippen LogP contribution in [0.1, 0.15) is 17.5 Å². The summed E-state index contributed by atoms with van der Waals surface area (Å²) in [5.41, 5.74) is 2.46. The fourth-order valence-electron chi connectivity index (χ4n) is 1.56. The molecule has 0 saturated carbocycles. The molecule has 1 aromatic rings. The van der Waals surface area contributed by atoms with E-state index in [9.17, 15) is 4.79 Å². The van der Waals surface area contributed by atoms with Crippen LogP contribution in [0.4, 0.5) is 0 Å². The minimum Gasteiger partial charge on any atom is -0.299 e. The molecule has 0 N–H and O–H groups in total. The lowest BCUT2D eigenvalue weighted by Gasteiger charge is -2.04. The zero-order valence-electron chi connectivity index (χ0n) is 7.67. The largest absolute Gasteiger partial charge is 0.299 e. The highest BCUT2D eigenvalue weighted by molar-refractivity contribution is 7.99. The maximum atomic E-state index is 11.3. The summed E-state index contributed by atoms with van der Waals surface area (Å²) in [7, 11) is 0. The Balaban J connectivity index is 2.40. The van der Waals surface area contributed by atoms with Crippen molar-refractivity contribution in [3.8, 4) is 0 Å². The summed E-state index contributed by atoms with van der Waals surface area (Å²) in [6, 6.07) is 6.38. The van der Waals surface area contributed by atoms with Crippen LogP contribution in [-0.4, -0.2) is 11.5 Å². The Kier molecular flexibility index (Phi) is 2.40. The molecule has 0 aliphatic carbocycles. The number of rotatable bonds is 0. The number of ketones is 1. The van der Waals surface area contributed by atoms with Gasteiger partial charge in [0.2, 0.25) is 0 Å². The molecule has 2 rings (SSSR count). The first kappa shape index (κ1) is 8.82. The second-order valence-corrected chi connectivity index (χ2v) is 4.56. The number of hydrogen-bond donors (Lipinski definition) is 0. The molecule has 0 radical (unpaired) electrons. The Bertz CT molecular complexity index is 344. The van der Waals surface area contributed by atoms with Gasteiger partial charge in [0.25, 0.3) is 0 Å². The van der Waals surface area contributed by atoms with E-state index in [4.69, 9.17) is 0 Å². The highest BCUT2D eigenvalue weighted by atomic mass is 32.2. The Morgan fingerprint density at radius 1 is 1.38 bits per heavy atom. The van der Waals surface area contributed by atoms with Crippen LogP contribution >= 0.6 is 11.8 Å². The van der Waals surface area contributed by atoms with Gasteiger partial charge in [0.05, 0.1) is 0 Å². The Morgan fingerprint density at radius 2 is 2.23 bits per heavy atom. The molecule has 1 aliphatic heterocycles. The van der Waals surface area contributed by atoms with Crippen molar-refractivity contribution in [3.05, 3.63) is 29.3 Å². The molecule has 1 heterocycles. The molecule has 0 aromatic heterocycles. The van der Waals surface area contributed by atoms with Crippen LogP contribution in [0.3, 0.4) is 0 Å². The predicted molar refractivity (Wildman–Crippen MR) is 55.2 cm³/mol. The van der Waals surface area contributed by atoms with Crippen LogP contribution in [0.25, 0.3) is 0 Å². The smallest absolute Gasteiger partial charge is 0.138 e. The van der Waals surface area contributed by atoms with Crippen molar-refractivity contribution in [2.75, 3.05) is 5.75 Å². The van der Waals surface area contributed by atoms with E-state index in [2.05, 4.69) is 25.1 Å². The molecule has 0 bridgehead atoms. The first-order valence-electron chi connectivity index (χ1n) is 4.50. The van der Waals surface area contributed by atoms with E-state index in [0.29, 0.717) is 12.2 Å². The first-order valence-corrected chi connectivity index (χ1v) is 5.48. The van der Waals surface area contributed by atoms with Crippen molar-refractivity contribution in [2.24, 2.45) is 0 Å². The molecule has 1 aromatic carbocycles. The minimum absolute atomic E-state index is 0.372. The van der Waals surface area contributed by atoms with Gasteiger partial charge in [-0.3, -0.25) is 4.79 Å². The predicted octanol–water partition coefficient (Wildman–Crippen LogP) is 2.60. The highest BCUT2D eigenvalue weighted by Crippen LogP contribution is 2.28. The van der Waals surface area contributed by atoms with Crippen molar-refractivity contribution in [1.29, 1.82) is 0 Å². The molecular weight excluding hydrogens is 180 g/mol. The van der Waals surface area contributed by atoms with Crippen molar-refractivity contribution in [1.82, 2.24) is 0 Å². The van der Waals surface area contributed by atoms with Crippen molar-refractivity contribution >= 4 is 17.5 Å². The molecule has 2 heteroatoms. The summed E-state index contributed by atoms with van der Waals surface area (Å²) in [5, 5.41) is 0. The third-order valence-corrected chi connectivity index (χ3v) is 3.36. The third kappa shape index (κ3) is 1.94. The Hall–Kier alpha value is -0.760. The van der Waals surface area contributed by atoms with Crippen LogP contribution < -0.4 is 0 Å². The molecule has 0 atom stereocenters. The average molecular weight is 192 g/mol. The number of fused-ring (bicyclic) bond motifs is 1. The number of Topliss-reactive ketones (excluding diaryl/α,β-unsaturated/α-hetero) is 1. The van der Waals surface area contributed by atoms with Crippen molar-refractivity contribution < 1.29 is 4.79 Å². The topological polar surface area (TPSA) is 17.1 Å². The van der Waals surface area contributed by atoms with Crippen LogP contribution in [0, 0.1) is 6.92 Å². The third-order valence-electron chi connectivity index (χ3n) is 2.24. The monoisotopic (exact) mass is 192 g/mol. The van der Waals surface area contributed by atoms with Gasteiger partial charge in [-0.05, 0) is 18.6 Å². The standard InChI is InChI=1S/C11H12OS/c1-8-2-3-11-9(6-8)7-10(12)4-5-13-11/h2-3,6H,4-5,7H2,1H3. The summed E-state index contributed by atoms with van der Waals surface area (Å²) in [6.07, 6.45) is 1.35. The Morgan fingerprint density at radius 3 is 3.08 bits per heavy atom. The van der Waals surface area contributed by atoms with Gasteiger partial charge in [-0.15, -0.1) is 11.8 Å². The molecular formula is C11H12OS. The molecule has 0 amide bonds. The maximum absolute atomic E-state index is 11.3. The molecule has 0 fully saturated rings.